The van der Waals surface area contributed by atoms with Crippen LogP contribution in [0.2, 0.25) is 31.7 Å². The maximum atomic E-state index is 11.1. The van der Waals surface area contributed by atoms with Crippen molar-refractivity contribution < 1.29 is 14.0 Å². The van der Waals surface area contributed by atoms with Crippen molar-refractivity contribution in [2.24, 2.45) is 0 Å². The van der Waals surface area contributed by atoms with E-state index < -0.39 is 15.4 Å². The summed E-state index contributed by atoms with van der Waals surface area (Å²) in [5, 5.41) is 0. The van der Waals surface area contributed by atoms with Crippen LogP contribution in [0, 0.1) is 0 Å². The Morgan fingerprint density at radius 3 is 2.24 bits per heavy atom. The highest BCUT2D eigenvalue weighted by Crippen LogP contribution is 2.34. The van der Waals surface area contributed by atoms with Crippen LogP contribution < -0.4 is 0 Å². The third-order valence-corrected chi connectivity index (χ3v) is 22.1. The lowest BCUT2D eigenvalue weighted by atomic mass is 10.3. The molecule has 0 saturated carbocycles. The van der Waals surface area contributed by atoms with E-state index in [1.54, 1.807) is 0 Å². The largest absolute Gasteiger partial charge is 0.463 e. The van der Waals surface area contributed by atoms with Gasteiger partial charge in [-0.1, -0.05) is 33.0 Å². The van der Waals surface area contributed by atoms with Crippen LogP contribution in [0.25, 0.3) is 0 Å². The van der Waals surface area contributed by atoms with Gasteiger partial charge in [-0.25, -0.2) is 4.79 Å². The quantitative estimate of drug-likeness (QED) is 0.406. The van der Waals surface area contributed by atoms with E-state index >= 15 is 0 Å². The Labute approximate surface area is 107 Å². The van der Waals surface area contributed by atoms with Crippen LogP contribution in [-0.4, -0.2) is 35.1 Å². The van der Waals surface area contributed by atoms with E-state index in [-0.39, 0.29) is 5.97 Å². The van der Waals surface area contributed by atoms with Crippen molar-refractivity contribution in [1.29, 1.82) is 0 Å². The molecule has 0 aromatic heterocycles. The van der Waals surface area contributed by atoms with E-state index in [1.165, 1.54) is 6.08 Å². The lowest BCUT2D eigenvalue weighted by Gasteiger charge is -2.41. The molecule has 0 amide bonds. The minimum atomic E-state index is -1.65. The van der Waals surface area contributed by atoms with Crippen LogP contribution in [0.3, 0.4) is 0 Å². The fourth-order valence-electron chi connectivity index (χ4n) is 1.83. The zero-order chi connectivity index (χ0) is 13.7. The van der Waals surface area contributed by atoms with E-state index in [4.69, 9.17) is 9.16 Å². The second-order valence-corrected chi connectivity index (χ2v) is 20.5. The first-order valence-corrected chi connectivity index (χ1v) is 13.1. The van der Waals surface area contributed by atoms with Crippen molar-refractivity contribution in [3.8, 4) is 0 Å². The van der Waals surface area contributed by atoms with Gasteiger partial charge in [0.1, 0.15) is 0 Å². The fourth-order valence-corrected chi connectivity index (χ4v) is 10.3. The Bertz CT molecular complexity index is 275. The Balaban J connectivity index is 4.74. The highest BCUT2D eigenvalue weighted by Gasteiger charge is 2.47. The first kappa shape index (κ1) is 16.6. The number of rotatable bonds is 7. The van der Waals surface area contributed by atoms with Crippen molar-refractivity contribution in [3.63, 3.8) is 0 Å². The molecule has 0 aliphatic rings. The highest BCUT2D eigenvalue weighted by atomic mass is 29.3. The Morgan fingerprint density at radius 1 is 1.35 bits per heavy atom. The Kier molecular flexibility index (Phi) is 6.36. The van der Waals surface area contributed by atoms with Gasteiger partial charge in [0.15, 0.2) is 7.83 Å². The van der Waals surface area contributed by atoms with Gasteiger partial charge in [-0.05, 0) is 18.6 Å². The number of carbonyl (C=O) groups is 1. The van der Waals surface area contributed by atoms with Crippen LogP contribution in [0.1, 0.15) is 13.3 Å². The van der Waals surface area contributed by atoms with Crippen molar-refractivity contribution in [3.05, 3.63) is 12.7 Å². The van der Waals surface area contributed by atoms with Gasteiger partial charge in [0.25, 0.3) is 0 Å². The molecule has 1 atom stereocenters. The minimum Gasteiger partial charge on any atom is -0.463 e. The highest BCUT2D eigenvalue weighted by molar-refractivity contribution is 7.38. The van der Waals surface area contributed by atoms with Gasteiger partial charge in [0.2, 0.25) is 0 Å². The average Bonchev–Trinajstić information content (AvgIpc) is 2.28. The topological polar surface area (TPSA) is 35.5 Å². The number of ether oxygens (including phenoxy) is 1. The summed E-state index contributed by atoms with van der Waals surface area (Å²) in [4.78, 5) is 11.1. The molecule has 5 heteroatoms. The smallest absolute Gasteiger partial charge is 0.330 e. The number of hydrogen-bond acceptors (Lipinski definition) is 3. The minimum absolute atomic E-state index is 0.329. The summed E-state index contributed by atoms with van der Waals surface area (Å²) in [5.41, 5.74) is 0.452. The van der Waals surface area contributed by atoms with Gasteiger partial charge in [0.05, 0.1) is 14.2 Å². The fraction of sp³-hybridized carbons (Fsp3) is 0.750. The maximum absolute atomic E-state index is 11.1. The van der Waals surface area contributed by atoms with Crippen LogP contribution in [0.4, 0.5) is 0 Å². The predicted octanol–water partition coefficient (Wildman–Crippen LogP) is 3.13. The molecule has 0 heterocycles. The zero-order valence-corrected chi connectivity index (χ0v) is 14.0. The Morgan fingerprint density at radius 2 is 1.88 bits per heavy atom. The number of hydrogen-bond donors (Lipinski definition) is 0. The van der Waals surface area contributed by atoms with Gasteiger partial charge in [-0.15, -0.1) is 0 Å². The molecule has 0 aliphatic heterocycles. The van der Waals surface area contributed by atoms with Gasteiger partial charge < -0.3 is 9.16 Å². The summed E-state index contributed by atoms with van der Waals surface area (Å²) in [7, 11) is -1.38. The van der Waals surface area contributed by atoms with Gasteiger partial charge in [-0.2, -0.15) is 0 Å². The lowest BCUT2D eigenvalue weighted by molar-refractivity contribution is -0.137. The summed E-state index contributed by atoms with van der Waals surface area (Å²) < 4.78 is 11.0. The third-order valence-electron chi connectivity index (χ3n) is 4.17. The number of esters is 1. The average molecular weight is 275 g/mol. The molecule has 0 aliphatic carbocycles. The number of carbonyl (C=O) groups excluding carboxylic acids is 1. The standard InChI is InChI=1S/C12H26O3Si2/c1-8-11(10-15-12(13)9-2)16(4,5)17(6,7)14-3/h9,11H,2,8,10H2,1,3-7H3. The third kappa shape index (κ3) is 4.08. The molecule has 0 spiro atoms. The van der Waals surface area contributed by atoms with Crippen LogP contribution in [0.15, 0.2) is 12.7 Å². The van der Waals surface area contributed by atoms with Crippen molar-refractivity contribution >= 4 is 21.4 Å². The lowest BCUT2D eigenvalue weighted by Crippen LogP contribution is -2.60. The second kappa shape index (κ2) is 6.51. The van der Waals surface area contributed by atoms with Crippen molar-refractivity contribution in [1.82, 2.24) is 0 Å². The zero-order valence-electron chi connectivity index (χ0n) is 12.0. The molecule has 17 heavy (non-hydrogen) atoms. The van der Waals surface area contributed by atoms with Crippen molar-refractivity contribution in [2.45, 2.75) is 45.1 Å². The molecule has 0 bridgehead atoms. The SMILES string of the molecule is C=CC(=O)OCC(CC)[Si](C)(C)[Si](C)(C)OC. The summed E-state index contributed by atoms with van der Waals surface area (Å²) in [6.07, 6.45) is 2.25. The molecule has 3 nitrogen and oxygen atoms in total. The molecular formula is C12H26O3Si2. The first-order valence-electron chi connectivity index (χ1n) is 6.07. The molecular weight excluding hydrogens is 248 g/mol. The van der Waals surface area contributed by atoms with Gasteiger partial charge >= 0.3 is 5.97 Å². The summed E-state index contributed by atoms with van der Waals surface area (Å²) >= 11 is 0. The normalized spacial score (nSPS) is 14.2. The summed E-state index contributed by atoms with van der Waals surface area (Å²) in [5.74, 6) is -0.329. The van der Waals surface area contributed by atoms with Crippen LogP contribution in [0.5, 0.6) is 0 Å². The summed E-state index contributed by atoms with van der Waals surface area (Å²) in [6.45, 7) is 15.3. The van der Waals surface area contributed by atoms with Crippen molar-refractivity contribution in [2.75, 3.05) is 13.7 Å². The van der Waals surface area contributed by atoms with Gasteiger partial charge in [-0.3, -0.25) is 0 Å². The van der Waals surface area contributed by atoms with Crippen LogP contribution >= 0.6 is 0 Å². The first-order chi connectivity index (χ1) is 7.72. The monoisotopic (exact) mass is 274 g/mol. The summed E-state index contributed by atoms with van der Waals surface area (Å²) in [6, 6.07) is 0. The molecule has 100 valence electrons. The molecule has 0 aromatic carbocycles. The molecule has 0 radical (unpaired) electrons. The van der Waals surface area contributed by atoms with Crippen LogP contribution in [-0.2, 0) is 14.0 Å². The Hall–Kier alpha value is -0.396. The van der Waals surface area contributed by atoms with E-state index in [2.05, 4.69) is 39.7 Å². The van der Waals surface area contributed by atoms with E-state index in [1.807, 2.05) is 7.11 Å². The predicted molar refractivity (Wildman–Crippen MR) is 77.2 cm³/mol. The molecule has 0 rings (SSSR count). The van der Waals surface area contributed by atoms with E-state index in [0.29, 0.717) is 12.1 Å². The van der Waals surface area contributed by atoms with E-state index in [0.717, 1.165) is 6.42 Å². The molecule has 0 saturated heterocycles. The molecule has 0 aromatic rings. The second-order valence-electron chi connectivity index (χ2n) is 5.38. The van der Waals surface area contributed by atoms with E-state index in [9.17, 15) is 4.79 Å². The maximum Gasteiger partial charge on any atom is 0.330 e. The molecule has 1 unspecified atom stereocenters. The molecule has 0 fully saturated rings. The van der Waals surface area contributed by atoms with Gasteiger partial charge in [0, 0.05) is 13.2 Å². The molecule has 0 N–H and O–H groups in total.